The number of anilines is 1. The van der Waals surface area contributed by atoms with Crippen molar-refractivity contribution in [2.45, 2.75) is 12.8 Å². The summed E-state index contributed by atoms with van der Waals surface area (Å²) in [6.45, 7) is 4.59. The summed E-state index contributed by atoms with van der Waals surface area (Å²) in [5, 5.41) is 10.6. The average Bonchev–Trinajstić information content (AvgIpc) is 3.57. The van der Waals surface area contributed by atoms with Crippen molar-refractivity contribution in [3.8, 4) is 34.1 Å². The van der Waals surface area contributed by atoms with E-state index in [1.165, 1.54) is 31.6 Å². The minimum atomic E-state index is 0.178. The van der Waals surface area contributed by atoms with Crippen molar-refractivity contribution in [1.29, 1.82) is 0 Å². The number of nitrogens with one attached hydrogen (secondary N) is 1. The summed E-state index contributed by atoms with van der Waals surface area (Å²) in [6, 6.07) is 15.7. The maximum absolute atomic E-state index is 10.6. The van der Waals surface area contributed by atoms with Crippen molar-refractivity contribution in [1.82, 2.24) is 19.9 Å². The van der Waals surface area contributed by atoms with Gasteiger partial charge in [-0.25, -0.2) is 9.97 Å². The molecule has 2 aromatic heterocycles. The molecule has 2 N–H and O–H groups in total. The number of methoxy groups -OCH3 is 1. The molecule has 0 aliphatic carbocycles. The number of benzene rings is 2. The van der Waals surface area contributed by atoms with Gasteiger partial charge in [0.1, 0.15) is 11.6 Å². The molecule has 0 amide bonds. The molecule has 6 rings (SSSR count). The Bertz CT molecular complexity index is 1370. The number of hydrogen-bond donors (Lipinski definition) is 2. The van der Waals surface area contributed by atoms with Crippen LogP contribution in [0, 0.1) is 5.41 Å². The van der Waals surface area contributed by atoms with E-state index in [4.69, 9.17) is 9.72 Å². The second-order valence-corrected chi connectivity index (χ2v) is 9.74. The lowest BCUT2D eigenvalue weighted by atomic mass is 9.86. The van der Waals surface area contributed by atoms with Crippen molar-refractivity contribution in [3.05, 3.63) is 54.7 Å². The van der Waals surface area contributed by atoms with E-state index < -0.39 is 0 Å². The summed E-state index contributed by atoms with van der Waals surface area (Å²) < 4.78 is 5.42. The number of aromatic nitrogens is 3. The summed E-state index contributed by atoms with van der Waals surface area (Å²) in [5.41, 5.74) is 5.94. The largest absolute Gasteiger partial charge is 0.507 e. The van der Waals surface area contributed by atoms with Crippen LogP contribution in [0.5, 0.6) is 11.6 Å². The minimum absolute atomic E-state index is 0.178. The zero-order valence-corrected chi connectivity index (χ0v) is 19.6. The van der Waals surface area contributed by atoms with Crippen molar-refractivity contribution < 1.29 is 9.84 Å². The average molecular weight is 456 g/mol. The third-order valence-corrected chi connectivity index (χ3v) is 7.43. The Labute approximate surface area is 199 Å². The van der Waals surface area contributed by atoms with Crippen molar-refractivity contribution in [2.75, 3.05) is 45.2 Å². The minimum Gasteiger partial charge on any atom is -0.507 e. The zero-order valence-electron chi connectivity index (χ0n) is 19.6. The molecule has 4 heterocycles. The van der Waals surface area contributed by atoms with Crippen LogP contribution in [0.1, 0.15) is 12.8 Å². The highest BCUT2D eigenvalue weighted by atomic mass is 16.5. The molecule has 1 spiro atoms. The third kappa shape index (κ3) is 3.56. The predicted molar refractivity (Wildman–Crippen MR) is 134 cm³/mol. The molecule has 7 heteroatoms. The second-order valence-electron chi connectivity index (χ2n) is 9.74. The summed E-state index contributed by atoms with van der Waals surface area (Å²) >= 11 is 0. The molecule has 2 saturated heterocycles. The van der Waals surface area contributed by atoms with Gasteiger partial charge in [0.15, 0.2) is 0 Å². The number of phenols is 1. The number of pyridine rings is 1. The van der Waals surface area contributed by atoms with E-state index in [-0.39, 0.29) is 5.75 Å². The number of rotatable bonds is 4. The Morgan fingerprint density at radius 1 is 1.03 bits per heavy atom. The molecule has 2 aliphatic heterocycles. The van der Waals surface area contributed by atoms with E-state index in [1.807, 2.05) is 24.3 Å². The van der Waals surface area contributed by atoms with Crippen molar-refractivity contribution >= 4 is 16.7 Å². The number of aromatic hydroxyl groups is 1. The molecule has 2 fully saturated rings. The summed E-state index contributed by atoms with van der Waals surface area (Å²) in [4.78, 5) is 17.5. The quantitative estimate of drug-likeness (QED) is 0.471. The molecule has 174 valence electrons. The van der Waals surface area contributed by atoms with Crippen LogP contribution in [0.15, 0.2) is 54.7 Å². The number of aromatic amines is 1. The zero-order chi connectivity index (χ0) is 23.3. The lowest BCUT2D eigenvalue weighted by molar-refractivity contribution is 0.312. The van der Waals surface area contributed by atoms with Gasteiger partial charge in [0, 0.05) is 42.5 Å². The number of fused-ring (bicyclic) bond motifs is 1. The highest BCUT2D eigenvalue weighted by Gasteiger charge is 2.42. The first-order valence-electron chi connectivity index (χ1n) is 11.8. The van der Waals surface area contributed by atoms with Crippen LogP contribution in [-0.2, 0) is 0 Å². The molecule has 2 aliphatic rings. The first-order chi connectivity index (χ1) is 16.5. The summed E-state index contributed by atoms with van der Waals surface area (Å²) in [5.74, 6) is 1.37. The number of imidazole rings is 1. The number of hydrogen-bond acceptors (Lipinski definition) is 6. The molecule has 1 atom stereocenters. The normalized spacial score (nSPS) is 20.6. The number of nitrogens with zero attached hydrogens (tertiary/aromatic N) is 4. The van der Waals surface area contributed by atoms with Gasteiger partial charge in [0.25, 0.3) is 0 Å². The molecule has 2 aromatic carbocycles. The maximum atomic E-state index is 10.6. The Balaban J connectivity index is 1.32. The Morgan fingerprint density at radius 3 is 2.74 bits per heavy atom. The fourth-order valence-corrected chi connectivity index (χ4v) is 5.64. The molecule has 0 bridgehead atoms. The number of ether oxygens (including phenoxy) is 1. The van der Waals surface area contributed by atoms with E-state index in [0.717, 1.165) is 35.2 Å². The predicted octanol–water partition coefficient (Wildman–Crippen LogP) is 4.54. The first-order valence-corrected chi connectivity index (χ1v) is 11.8. The van der Waals surface area contributed by atoms with E-state index in [1.54, 1.807) is 19.4 Å². The van der Waals surface area contributed by atoms with Gasteiger partial charge in [-0.3, -0.25) is 0 Å². The lowest BCUT2D eigenvalue weighted by Crippen LogP contribution is -2.29. The topological polar surface area (TPSA) is 77.5 Å². The van der Waals surface area contributed by atoms with Gasteiger partial charge < -0.3 is 24.6 Å². The fourth-order valence-electron chi connectivity index (χ4n) is 5.64. The van der Waals surface area contributed by atoms with Crippen LogP contribution >= 0.6 is 0 Å². The fraction of sp³-hybridized carbons (Fsp3) is 0.333. The Kier molecular flexibility index (Phi) is 4.95. The highest BCUT2D eigenvalue weighted by molar-refractivity contribution is 5.85. The van der Waals surface area contributed by atoms with E-state index >= 15 is 0 Å². The van der Waals surface area contributed by atoms with E-state index in [0.29, 0.717) is 22.7 Å². The third-order valence-electron chi connectivity index (χ3n) is 7.43. The molecular weight excluding hydrogens is 426 g/mol. The van der Waals surface area contributed by atoms with Crippen LogP contribution in [-0.4, -0.2) is 65.3 Å². The molecule has 0 saturated carbocycles. The van der Waals surface area contributed by atoms with Crippen LogP contribution in [0.2, 0.25) is 0 Å². The molecular formula is C27H29N5O2. The van der Waals surface area contributed by atoms with Gasteiger partial charge in [-0.15, -0.1) is 0 Å². The smallest absolute Gasteiger partial charge is 0.221 e. The van der Waals surface area contributed by atoms with Crippen molar-refractivity contribution in [3.63, 3.8) is 0 Å². The van der Waals surface area contributed by atoms with Crippen LogP contribution < -0.4 is 9.64 Å². The standard InChI is InChI=1S/C27H29N5O2/c1-31-12-9-27(16-31)10-13-32(17-27)19-6-7-22-23(15-19)30-25(29-22)21-14-18(5-8-24(21)33)20-4-3-11-28-26(20)34-2/h3-8,11,14-15,33H,9-10,12-13,16-17H2,1-2H3,(H,29,30). The Hall–Kier alpha value is -3.58. The molecule has 1 unspecified atom stereocenters. The number of phenolic OH excluding ortho intramolecular Hbond substituents is 1. The monoisotopic (exact) mass is 455 g/mol. The molecule has 34 heavy (non-hydrogen) atoms. The lowest BCUT2D eigenvalue weighted by Gasteiger charge is -2.24. The maximum Gasteiger partial charge on any atom is 0.221 e. The molecule has 0 radical (unpaired) electrons. The van der Waals surface area contributed by atoms with Gasteiger partial charge in [0.2, 0.25) is 5.88 Å². The Morgan fingerprint density at radius 2 is 1.91 bits per heavy atom. The highest BCUT2D eigenvalue weighted by Crippen LogP contribution is 2.41. The van der Waals surface area contributed by atoms with Gasteiger partial charge in [0.05, 0.1) is 23.7 Å². The summed E-state index contributed by atoms with van der Waals surface area (Å²) in [7, 11) is 3.83. The van der Waals surface area contributed by atoms with Gasteiger partial charge >= 0.3 is 0 Å². The van der Waals surface area contributed by atoms with Gasteiger partial charge in [-0.1, -0.05) is 6.07 Å². The van der Waals surface area contributed by atoms with E-state index in [2.05, 4.69) is 45.0 Å². The molecule has 4 aromatic rings. The van der Waals surface area contributed by atoms with Crippen LogP contribution in [0.3, 0.4) is 0 Å². The van der Waals surface area contributed by atoms with E-state index in [9.17, 15) is 5.11 Å². The van der Waals surface area contributed by atoms with Crippen LogP contribution in [0.4, 0.5) is 5.69 Å². The van der Waals surface area contributed by atoms with Crippen molar-refractivity contribution in [2.24, 2.45) is 5.41 Å². The first kappa shape index (κ1) is 21.0. The number of likely N-dealkylation sites (tertiary alicyclic amines) is 1. The summed E-state index contributed by atoms with van der Waals surface area (Å²) in [6.07, 6.45) is 4.24. The van der Waals surface area contributed by atoms with Crippen LogP contribution in [0.25, 0.3) is 33.5 Å². The SMILES string of the molecule is COc1ncccc1-c1ccc(O)c(-c2nc3ccc(N4CCC5(CCN(C)C5)C4)cc3[nH]2)c1. The number of H-pyrrole nitrogens is 1. The van der Waals surface area contributed by atoms with Gasteiger partial charge in [-0.2, -0.15) is 0 Å². The second kappa shape index (κ2) is 8.02. The molecule has 7 nitrogen and oxygen atoms in total. The van der Waals surface area contributed by atoms with Gasteiger partial charge in [-0.05, 0) is 74.5 Å².